The number of rotatable bonds is 3. The predicted octanol–water partition coefficient (Wildman–Crippen LogP) is 0.349. The summed E-state index contributed by atoms with van der Waals surface area (Å²) in [6, 6.07) is 0.724. The third-order valence-electron chi connectivity index (χ3n) is 1.05. The van der Waals surface area contributed by atoms with Gasteiger partial charge in [0, 0.05) is 6.04 Å². The average Bonchev–Trinajstić information content (AvgIpc) is 2.34. The van der Waals surface area contributed by atoms with Crippen molar-refractivity contribution in [2.24, 2.45) is 5.73 Å². The highest BCUT2D eigenvalue weighted by Gasteiger charge is 2.03. The molecule has 1 aromatic heterocycles. The zero-order valence-electron chi connectivity index (χ0n) is 6.66. The molecule has 62 valence electrons. The van der Waals surface area contributed by atoms with Crippen LogP contribution in [0.1, 0.15) is 19.7 Å². The van der Waals surface area contributed by atoms with Gasteiger partial charge in [-0.3, -0.25) is 0 Å². The van der Waals surface area contributed by atoms with Gasteiger partial charge in [0.15, 0.2) is 0 Å². The van der Waals surface area contributed by atoms with E-state index < -0.39 is 0 Å². The van der Waals surface area contributed by atoms with Crippen molar-refractivity contribution >= 4 is 6.01 Å². The maximum atomic E-state index is 5.27. The van der Waals surface area contributed by atoms with Crippen molar-refractivity contribution in [1.82, 2.24) is 10.2 Å². The SMILES string of the molecule is CC(C)Nc1nnc(CN)o1. The molecule has 5 heteroatoms. The summed E-state index contributed by atoms with van der Waals surface area (Å²) in [6.07, 6.45) is 0. The van der Waals surface area contributed by atoms with Crippen LogP contribution in [0.25, 0.3) is 0 Å². The van der Waals surface area contributed by atoms with Gasteiger partial charge in [-0.15, -0.1) is 5.10 Å². The molecule has 0 aliphatic rings. The van der Waals surface area contributed by atoms with E-state index in [1.54, 1.807) is 0 Å². The summed E-state index contributed by atoms with van der Waals surface area (Å²) < 4.78 is 5.09. The fourth-order valence-corrected chi connectivity index (χ4v) is 0.641. The number of hydrogen-bond donors (Lipinski definition) is 2. The van der Waals surface area contributed by atoms with E-state index >= 15 is 0 Å². The van der Waals surface area contributed by atoms with Crippen molar-refractivity contribution in [3.05, 3.63) is 5.89 Å². The van der Waals surface area contributed by atoms with Crippen molar-refractivity contribution in [3.8, 4) is 0 Å². The van der Waals surface area contributed by atoms with Gasteiger partial charge in [0.1, 0.15) is 0 Å². The molecule has 5 nitrogen and oxygen atoms in total. The maximum absolute atomic E-state index is 5.27. The highest BCUT2D eigenvalue weighted by atomic mass is 16.4. The van der Waals surface area contributed by atoms with E-state index in [9.17, 15) is 0 Å². The minimum Gasteiger partial charge on any atom is -0.407 e. The van der Waals surface area contributed by atoms with Crippen LogP contribution in [0.4, 0.5) is 6.01 Å². The van der Waals surface area contributed by atoms with Gasteiger partial charge in [-0.05, 0) is 13.8 Å². The van der Waals surface area contributed by atoms with E-state index in [2.05, 4.69) is 15.5 Å². The summed E-state index contributed by atoms with van der Waals surface area (Å²) in [4.78, 5) is 0. The van der Waals surface area contributed by atoms with Crippen LogP contribution in [0.2, 0.25) is 0 Å². The predicted molar refractivity (Wildman–Crippen MR) is 40.9 cm³/mol. The van der Waals surface area contributed by atoms with Gasteiger partial charge in [0.05, 0.1) is 6.54 Å². The van der Waals surface area contributed by atoms with Gasteiger partial charge < -0.3 is 15.5 Å². The molecular weight excluding hydrogens is 144 g/mol. The third-order valence-corrected chi connectivity index (χ3v) is 1.05. The molecule has 0 unspecified atom stereocenters. The van der Waals surface area contributed by atoms with Crippen molar-refractivity contribution < 1.29 is 4.42 Å². The number of hydrogen-bond acceptors (Lipinski definition) is 5. The molecule has 1 aromatic rings. The van der Waals surface area contributed by atoms with Gasteiger partial charge in [0.2, 0.25) is 5.89 Å². The summed E-state index contributed by atoms with van der Waals surface area (Å²) in [7, 11) is 0. The second-order valence-corrected chi connectivity index (χ2v) is 2.50. The third kappa shape index (κ3) is 2.19. The fraction of sp³-hybridized carbons (Fsp3) is 0.667. The normalized spacial score (nSPS) is 10.5. The van der Waals surface area contributed by atoms with Gasteiger partial charge in [0.25, 0.3) is 0 Å². The standard InChI is InChI=1S/C6H12N4O/c1-4(2)8-6-10-9-5(3-7)11-6/h4H,3,7H2,1-2H3,(H,8,10). The van der Waals surface area contributed by atoms with Crippen LogP contribution >= 0.6 is 0 Å². The van der Waals surface area contributed by atoms with E-state index in [0.717, 1.165) is 0 Å². The number of nitrogens with zero attached hydrogens (tertiary/aromatic N) is 2. The summed E-state index contributed by atoms with van der Waals surface area (Å²) in [5.74, 6) is 0.452. The minimum absolute atomic E-state index is 0.284. The van der Waals surface area contributed by atoms with Crippen LogP contribution in [0.15, 0.2) is 4.42 Å². The molecule has 0 saturated carbocycles. The minimum atomic E-state index is 0.284. The monoisotopic (exact) mass is 156 g/mol. The molecule has 0 bridgehead atoms. The first-order valence-corrected chi connectivity index (χ1v) is 3.51. The van der Waals surface area contributed by atoms with Crippen LogP contribution in [-0.4, -0.2) is 16.2 Å². The van der Waals surface area contributed by atoms with Crippen molar-refractivity contribution in [1.29, 1.82) is 0 Å². The number of nitrogens with one attached hydrogen (secondary N) is 1. The van der Waals surface area contributed by atoms with Crippen LogP contribution in [-0.2, 0) is 6.54 Å². The zero-order valence-corrected chi connectivity index (χ0v) is 6.66. The lowest BCUT2D eigenvalue weighted by atomic mass is 10.4. The van der Waals surface area contributed by atoms with Crippen LogP contribution in [0, 0.1) is 0 Å². The van der Waals surface area contributed by atoms with Gasteiger partial charge >= 0.3 is 6.01 Å². The van der Waals surface area contributed by atoms with Crippen LogP contribution < -0.4 is 11.1 Å². The first-order valence-electron chi connectivity index (χ1n) is 3.51. The molecule has 11 heavy (non-hydrogen) atoms. The summed E-state index contributed by atoms with van der Waals surface area (Å²) >= 11 is 0. The molecule has 0 spiro atoms. The smallest absolute Gasteiger partial charge is 0.315 e. The lowest BCUT2D eigenvalue weighted by Crippen LogP contribution is -2.09. The Balaban J connectivity index is 2.58. The number of anilines is 1. The molecule has 0 radical (unpaired) electrons. The molecule has 0 amide bonds. The highest BCUT2D eigenvalue weighted by molar-refractivity contribution is 5.17. The highest BCUT2D eigenvalue weighted by Crippen LogP contribution is 2.05. The topological polar surface area (TPSA) is 77.0 Å². The average molecular weight is 156 g/mol. The Hall–Kier alpha value is -1.10. The fourth-order valence-electron chi connectivity index (χ4n) is 0.641. The Morgan fingerprint density at radius 2 is 2.27 bits per heavy atom. The van der Waals surface area contributed by atoms with Crippen LogP contribution in [0.5, 0.6) is 0 Å². The molecule has 0 aliphatic carbocycles. The second kappa shape index (κ2) is 3.34. The lowest BCUT2D eigenvalue weighted by molar-refractivity contribution is 0.504. The second-order valence-electron chi connectivity index (χ2n) is 2.50. The summed E-state index contributed by atoms with van der Waals surface area (Å²) in [5.41, 5.74) is 5.27. The molecule has 0 atom stereocenters. The van der Waals surface area contributed by atoms with Crippen molar-refractivity contribution in [2.75, 3.05) is 5.32 Å². The van der Waals surface area contributed by atoms with E-state index in [-0.39, 0.29) is 6.54 Å². The molecule has 0 fully saturated rings. The largest absolute Gasteiger partial charge is 0.407 e. The molecule has 1 heterocycles. The molecule has 0 aliphatic heterocycles. The van der Waals surface area contributed by atoms with Gasteiger partial charge in [-0.1, -0.05) is 5.10 Å². The Morgan fingerprint density at radius 1 is 1.55 bits per heavy atom. The van der Waals surface area contributed by atoms with E-state index in [4.69, 9.17) is 10.2 Å². The summed E-state index contributed by atoms with van der Waals surface area (Å²) in [5, 5.41) is 10.4. The lowest BCUT2D eigenvalue weighted by Gasteiger charge is -2.01. The van der Waals surface area contributed by atoms with Gasteiger partial charge in [-0.2, -0.15) is 0 Å². The quantitative estimate of drug-likeness (QED) is 0.660. The first kappa shape index (κ1) is 8.00. The Labute approximate surface area is 65.0 Å². The number of nitrogens with two attached hydrogens (primary N) is 1. The van der Waals surface area contributed by atoms with E-state index in [1.165, 1.54) is 0 Å². The molecule has 3 N–H and O–H groups in total. The van der Waals surface area contributed by atoms with Gasteiger partial charge in [-0.25, -0.2) is 0 Å². The summed E-state index contributed by atoms with van der Waals surface area (Å²) in [6.45, 7) is 4.27. The van der Waals surface area contributed by atoms with E-state index in [0.29, 0.717) is 17.9 Å². The van der Waals surface area contributed by atoms with E-state index in [1.807, 2.05) is 13.8 Å². The van der Waals surface area contributed by atoms with Crippen LogP contribution in [0.3, 0.4) is 0 Å². The first-order chi connectivity index (χ1) is 5.22. The van der Waals surface area contributed by atoms with Crippen molar-refractivity contribution in [3.63, 3.8) is 0 Å². The zero-order chi connectivity index (χ0) is 8.27. The Kier molecular flexibility index (Phi) is 2.43. The molecule has 1 rings (SSSR count). The number of aromatic nitrogens is 2. The Morgan fingerprint density at radius 3 is 2.73 bits per heavy atom. The maximum Gasteiger partial charge on any atom is 0.315 e. The molecule has 0 saturated heterocycles. The Bertz CT molecular complexity index is 220. The van der Waals surface area contributed by atoms with Crippen molar-refractivity contribution in [2.45, 2.75) is 26.4 Å². The molecule has 0 aromatic carbocycles. The molecular formula is C6H12N4O.